The molecule has 0 atom stereocenters. The van der Waals surface area contributed by atoms with Crippen molar-refractivity contribution >= 4 is 22.7 Å². The zero-order chi connectivity index (χ0) is 19.2. The molecule has 142 valence electrons. The minimum absolute atomic E-state index is 0.559. The van der Waals surface area contributed by atoms with E-state index in [1.54, 1.807) is 22.7 Å². The summed E-state index contributed by atoms with van der Waals surface area (Å²) in [7, 11) is 0. The van der Waals surface area contributed by atoms with Gasteiger partial charge in [0.2, 0.25) is 0 Å². The number of rotatable bonds is 8. The highest BCUT2D eigenvalue weighted by atomic mass is 32.1. The molecule has 0 aliphatic heterocycles. The van der Waals surface area contributed by atoms with Gasteiger partial charge in [-0.3, -0.25) is 0 Å². The number of thiazole rings is 1. The van der Waals surface area contributed by atoms with Crippen LogP contribution in [0.1, 0.15) is 15.4 Å². The van der Waals surface area contributed by atoms with Crippen molar-refractivity contribution in [1.82, 2.24) is 4.98 Å². The van der Waals surface area contributed by atoms with Crippen molar-refractivity contribution in [2.45, 2.75) is 20.0 Å². The second-order valence-electron chi connectivity index (χ2n) is 6.38. The lowest BCUT2D eigenvalue weighted by Crippen LogP contribution is -2.00. The van der Waals surface area contributed by atoms with Gasteiger partial charge in [-0.15, -0.1) is 22.7 Å². The Morgan fingerprint density at radius 2 is 1.75 bits per heavy atom. The average Bonchev–Trinajstić information content (AvgIpc) is 3.39. The number of hydrogen-bond donors (Lipinski definition) is 0. The van der Waals surface area contributed by atoms with Gasteiger partial charge in [0, 0.05) is 11.3 Å². The third kappa shape index (κ3) is 4.80. The monoisotopic (exact) mass is 407 g/mol. The van der Waals surface area contributed by atoms with Crippen LogP contribution in [0.25, 0.3) is 11.1 Å². The molecule has 2 heterocycles. The second-order valence-corrected chi connectivity index (χ2v) is 8.35. The van der Waals surface area contributed by atoms with E-state index in [1.807, 2.05) is 36.7 Å². The molecule has 0 amide bonds. The van der Waals surface area contributed by atoms with Crippen molar-refractivity contribution in [2.75, 3.05) is 6.61 Å². The summed E-state index contributed by atoms with van der Waals surface area (Å²) in [5.74, 6) is 1.76. The van der Waals surface area contributed by atoms with E-state index in [0.717, 1.165) is 39.6 Å². The number of aryl methyl sites for hydroxylation is 1. The molecule has 0 N–H and O–H groups in total. The molecular weight excluding hydrogens is 386 g/mol. The highest BCUT2D eigenvalue weighted by Crippen LogP contribution is 2.26. The first-order chi connectivity index (χ1) is 13.8. The molecule has 2 aromatic carbocycles. The standard InChI is InChI=1S/C23H21NO2S2/c1-17-23(28-16-24-17)15-26-20-9-7-18(8-10-20)19-4-2-5-21(14-19)25-12-11-22-6-3-13-27-22/h2-10,13-14,16H,11-12,15H2,1H3. The summed E-state index contributed by atoms with van der Waals surface area (Å²) < 4.78 is 11.8. The molecule has 2 aromatic heterocycles. The summed E-state index contributed by atoms with van der Waals surface area (Å²) in [6.07, 6.45) is 0.938. The van der Waals surface area contributed by atoms with Crippen molar-refractivity contribution in [3.05, 3.63) is 87.0 Å². The molecule has 0 spiro atoms. The normalized spacial score (nSPS) is 10.8. The first kappa shape index (κ1) is 18.7. The Labute approximate surface area is 173 Å². The van der Waals surface area contributed by atoms with Crippen LogP contribution in [-0.4, -0.2) is 11.6 Å². The molecular formula is C23H21NO2S2. The Morgan fingerprint density at radius 3 is 2.50 bits per heavy atom. The maximum absolute atomic E-state index is 5.93. The van der Waals surface area contributed by atoms with Gasteiger partial charge in [-0.2, -0.15) is 0 Å². The van der Waals surface area contributed by atoms with E-state index >= 15 is 0 Å². The van der Waals surface area contributed by atoms with Crippen LogP contribution in [0, 0.1) is 6.92 Å². The van der Waals surface area contributed by atoms with Gasteiger partial charge >= 0.3 is 0 Å². The largest absolute Gasteiger partial charge is 0.493 e. The van der Waals surface area contributed by atoms with Crippen LogP contribution in [0.3, 0.4) is 0 Å². The van der Waals surface area contributed by atoms with Gasteiger partial charge in [0.25, 0.3) is 0 Å². The first-order valence-corrected chi connectivity index (χ1v) is 10.9. The molecule has 5 heteroatoms. The van der Waals surface area contributed by atoms with Crippen LogP contribution in [0.2, 0.25) is 0 Å². The number of aromatic nitrogens is 1. The third-order valence-electron chi connectivity index (χ3n) is 4.43. The quantitative estimate of drug-likeness (QED) is 0.339. The molecule has 28 heavy (non-hydrogen) atoms. The van der Waals surface area contributed by atoms with Crippen molar-refractivity contribution in [3.8, 4) is 22.6 Å². The Bertz CT molecular complexity index is 1010. The first-order valence-electron chi connectivity index (χ1n) is 9.15. The van der Waals surface area contributed by atoms with Crippen molar-refractivity contribution in [1.29, 1.82) is 0 Å². The minimum atomic E-state index is 0.559. The highest BCUT2D eigenvalue weighted by Gasteiger charge is 2.04. The summed E-state index contributed by atoms with van der Waals surface area (Å²) in [5.41, 5.74) is 5.17. The predicted octanol–water partition coefficient (Wildman–Crippen LogP) is 6.38. The van der Waals surface area contributed by atoms with Gasteiger partial charge in [-0.1, -0.05) is 30.3 Å². The Morgan fingerprint density at radius 1 is 0.857 bits per heavy atom. The molecule has 0 saturated carbocycles. The maximum Gasteiger partial charge on any atom is 0.124 e. The van der Waals surface area contributed by atoms with Gasteiger partial charge in [-0.05, 0) is 53.8 Å². The molecule has 0 unspecified atom stereocenters. The molecule has 0 fully saturated rings. The van der Waals surface area contributed by atoms with Gasteiger partial charge in [-0.25, -0.2) is 4.98 Å². The van der Waals surface area contributed by atoms with Gasteiger partial charge in [0.15, 0.2) is 0 Å². The molecule has 0 radical (unpaired) electrons. The molecule has 0 aliphatic rings. The number of thiophene rings is 1. The summed E-state index contributed by atoms with van der Waals surface area (Å²) in [5, 5.41) is 2.10. The van der Waals surface area contributed by atoms with Crippen LogP contribution >= 0.6 is 22.7 Å². The number of nitrogens with zero attached hydrogens (tertiary/aromatic N) is 1. The zero-order valence-electron chi connectivity index (χ0n) is 15.6. The molecule has 4 aromatic rings. The van der Waals surface area contributed by atoms with Gasteiger partial charge in [0.05, 0.1) is 22.7 Å². The summed E-state index contributed by atoms with van der Waals surface area (Å²) >= 11 is 3.39. The van der Waals surface area contributed by atoms with Crippen LogP contribution in [-0.2, 0) is 13.0 Å². The Balaban J connectivity index is 1.36. The molecule has 0 aliphatic carbocycles. The second kappa shape index (κ2) is 9.04. The maximum atomic E-state index is 5.93. The molecule has 0 saturated heterocycles. The lowest BCUT2D eigenvalue weighted by Gasteiger charge is -2.09. The van der Waals surface area contributed by atoms with E-state index in [9.17, 15) is 0 Å². The Hall–Kier alpha value is -2.63. The highest BCUT2D eigenvalue weighted by molar-refractivity contribution is 7.10. The number of ether oxygens (including phenoxy) is 2. The molecule has 3 nitrogen and oxygen atoms in total. The van der Waals surface area contributed by atoms with Crippen LogP contribution in [0.4, 0.5) is 0 Å². The van der Waals surface area contributed by atoms with Crippen molar-refractivity contribution in [2.24, 2.45) is 0 Å². The van der Waals surface area contributed by atoms with E-state index in [-0.39, 0.29) is 0 Å². The topological polar surface area (TPSA) is 31.4 Å². The summed E-state index contributed by atoms with van der Waals surface area (Å²) in [6.45, 7) is 3.25. The van der Waals surface area contributed by atoms with E-state index in [4.69, 9.17) is 9.47 Å². The molecule has 4 rings (SSSR count). The average molecular weight is 408 g/mol. The zero-order valence-corrected chi connectivity index (χ0v) is 17.3. The molecule has 0 bridgehead atoms. The van der Waals surface area contributed by atoms with Crippen LogP contribution in [0.5, 0.6) is 11.5 Å². The predicted molar refractivity (Wildman–Crippen MR) is 117 cm³/mol. The summed E-state index contributed by atoms with van der Waals surface area (Å²) in [4.78, 5) is 6.76. The number of hydrogen-bond acceptors (Lipinski definition) is 5. The van der Waals surface area contributed by atoms with Crippen molar-refractivity contribution < 1.29 is 9.47 Å². The van der Waals surface area contributed by atoms with E-state index in [1.165, 1.54) is 4.88 Å². The van der Waals surface area contributed by atoms with E-state index in [2.05, 4.69) is 46.8 Å². The third-order valence-corrected chi connectivity index (χ3v) is 6.28. The van der Waals surface area contributed by atoms with Gasteiger partial charge < -0.3 is 9.47 Å². The van der Waals surface area contributed by atoms with E-state index < -0.39 is 0 Å². The van der Waals surface area contributed by atoms with Crippen LogP contribution < -0.4 is 9.47 Å². The fourth-order valence-electron chi connectivity index (χ4n) is 2.85. The SMILES string of the molecule is Cc1ncsc1COc1ccc(-c2cccc(OCCc3cccs3)c2)cc1. The van der Waals surface area contributed by atoms with Crippen molar-refractivity contribution in [3.63, 3.8) is 0 Å². The van der Waals surface area contributed by atoms with Crippen LogP contribution in [0.15, 0.2) is 71.6 Å². The summed E-state index contributed by atoms with van der Waals surface area (Å²) in [6, 6.07) is 20.6. The fraction of sp³-hybridized carbons (Fsp3) is 0.174. The lowest BCUT2D eigenvalue weighted by atomic mass is 10.1. The Kier molecular flexibility index (Phi) is 6.04. The fourth-order valence-corrected chi connectivity index (χ4v) is 4.23. The minimum Gasteiger partial charge on any atom is -0.493 e. The smallest absolute Gasteiger partial charge is 0.124 e. The lowest BCUT2D eigenvalue weighted by molar-refractivity contribution is 0.309. The number of benzene rings is 2. The van der Waals surface area contributed by atoms with Gasteiger partial charge in [0.1, 0.15) is 18.1 Å². The van der Waals surface area contributed by atoms with E-state index in [0.29, 0.717) is 13.2 Å².